The highest BCUT2D eigenvalue weighted by Gasteiger charge is 2.41. The first-order valence-electron chi connectivity index (χ1n) is 12.6. The Balaban J connectivity index is 1.68. The van der Waals surface area contributed by atoms with Crippen molar-refractivity contribution in [3.63, 3.8) is 0 Å². The molecule has 2 aromatic carbocycles. The Morgan fingerprint density at radius 2 is 1.85 bits per heavy atom. The number of hydrogen-bond acceptors (Lipinski definition) is 7. The SMILES string of the molecule is COc1cc(NC(=O)N(C)C)ccc1Nc1ncc(C(F)(F)F)c(C[C@@H]2Cc3ccccc3[C@H]2N(C)S(C)(=O)=O)n1. The van der Waals surface area contributed by atoms with Gasteiger partial charge in [0.1, 0.15) is 5.75 Å². The minimum atomic E-state index is -4.72. The summed E-state index contributed by atoms with van der Waals surface area (Å²) in [5.41, 5.74) is 1.20. The lowest BCUT2D eigenvalue weighted by Crippen LogP contribution is -2.34. The number of hydrogen-bond donors (Lipinski definition) is 2. The van der Waals surface area contributed by atoms with Gasteiger partial charge in [-0.3, -0.25) is 0 Å². The highest BCUT2D eigenvalue weighted by atomic mass is 32.2. The van der Waals surface area contributed by atoms with Gasteiger partial charge in [0.25, 0.3) is 0 Å². The van der Waals surface area contributed by atoms with Crippen LogP contribution in [0.15, 0.2) is 48.7 Å². The molecule has 0 radical (unpaired) electrons. The monoisotopic (exact) mass is 592 g/mol. The van der Waals surface area contributed by atoms with Crippen molar-refractivity contribution in [2.45, 2.75) is 25.1 Å². The lowest BCUT2D eigenvalue weighted by Gasteiger charge is -2.29. The molecule has 1 aliphatic rings. The number of methoxy groups -OCH3 is 1. The van der Waals surface area contributed by atoms with Crippen LogP contribution in [0.4, 0.5) is 35.3 Å². The number of halogens is 3. The van der Waals surface area contributed by atoms with E-state index in [0.29, 0.717) is 23.5 Å². The standard InChI is InChI=1S/C27H31F3N6O4S/c1-35(2)26(37)32-18-10-11-21(23(14-18)40-4)33-25-31-15-20(27(28,29)30)22(34-25)13-17-12-16-8-6-7-9-19(16)24(17)36(3)41(5,38)39/h6-11,14-15,17,24H,12-13H2,1-5H3,(H,32,37)(H,31,33,34)/t17-,24-/m0/s1. The van der Waals surface area contributed by atoms with E-state index in [2.05, 4.69) is 20.6 Å². The van der Waals surface area contributed by atoms with Gasteiger partial charge in [-0.15, -0.1) is 0 Å². The molecule has 41 heavy (non-hydrogen) atoms. The number of rotatable bonds is 8. The summed E-state index contributed by atoms with van der Waals surface area (Å²) in [7, 11) is 2.38. The molecule has 4 rings (SSSR count). The quantitative estimate of drug-likeness (QED) is 0.390. The van der Waals surface area contributed by atoms with Gasteiger partial charge in [-0.25, -0.2) is 23.2 Å². The molecule has 3 aromatic rings. The number of amides is 2. The highest BCUT2D eigenvalue weighted by Crippen LogP contribution is 2.43. The summed E-state index contributed by atoms with van der Waals surface area (Å²) in [6.45, 7) is 0. The van der Waals surface area contributed by atoms with Crippen molar-refractivity contribution in [2.24, 2.45) is 5.92 Å². The second-order valence-electron chi connectivity index (χ2n) is 10.0. The molecule has 1 aliphatic carbocycles. The average Bonchev–Trinajstić information content (AvgIpc) is 3.25. The van der Waals surface area contributed by atoms with Crippen molar-refractivity contribution in [1.29, 1.82) is 0 Å². The fourth-order valence-electron chi connectivity index (χ4n) is 4.89. The van der Waals surface area contributed by atoms with E-state index in [9.17, 15) is 26.4 Å². The second-order valence-corrected chi connectivity index (χ2v) is 12.0. The number of ether oxygens (including phenoxy) is 1. The number of benzene rings is 2. The van der Waals surface area contributed by atoms with E-state index >= 15 is 0 Å². The normalized spacial score (nSPS) is 16.8. The van der Waals surface area contributed by atoms with Crippen LogP contribution in [0, 0.1) is 5.92 Å². The van der Waals surface area contributed by atoms with Crippen molar-refractivity contribution >= 4 is 33.4 Å². The second kappa shape index (κ2) is 11.5. The predicted molar refractivity (Wildman–Crippen MR) is 149 cm³/mol. The number of anilines is 3. The van der Waals surface area contributed by atoms with Crippen LogP contribution in [0.3, 0.4) is 0 Å². The number of sulfonamides is 1. The average molecular weight is 593 g/mol. The van der Waals surface area contributed by atoms with E-state index in [1.165, 1.54) is 23.4 Å². The van der Waals surface area contributed by atoms with Crippen molar-refractivity contribution in [3.8, 4) is 5.75 Å². The molecule has 2 N–H and O–H groups in total. The van der Waals surface area contributed by atoms with Gasteiger partial charge in [0, 0.05) is 39.1 Å². The van der Waals surface area contributed by atoms with Crippen LogP contribution in [-0.2, 0) is 29.0 Å². The van der Waals surface area contributed by atoms with Crippen molar-refractivity contribution in [1.82, 2.24) is 19.2 Å². The molecule has 2 atom stereocenters. The molecule has 220 valence electrons. The summed E-state index contributed by atoms with van der Waals surface area (Å²) in [4.78, 5) is 21.5. The Labute approximate surface area is 236 Å². The van der Waals surface area contributed by atoms with Crippen molar-refractivity contribution < 1.29 is 31.1 Å². The van der Waals surface area contributed by atoms with Crippen molar-refractivity contribution in [2.75, 3.05) is 45.1 Å². The molecule has 1 aromatic heterocycles. The first-order chi connectivity index (χ1) is 19.2. The van der Waals surface area contributed by atoms with Gasteiger partial charge >= 0.3 is 12.2 Å². The Bertz CT molecular complexity index is 1550. The number of urea groups is 1. The van der Waals surface area contributed by atoms with Gasteiger partial charge in [0.05, 0.1) is 36.4 Å². The molecule has 0 unspecified atom stereocenters. The third-order valence-electron chi connectivity index (χ3n) is 6.95. The number of carbonyl (C=O) groups is 1. The molecule has 0 saturated heterocycles. The molecular formula is C27H31F3N6O4S. The first-order valence-corrected chi connectivity index (χ1v) is 14.4. The van der Waals surface area contributed by atoms with Crippen LogP contribution in [0.2, 0.25) is 0 Å². The van der Waals surface area contributed by atoms with Crippen LogP contribution in [-0.4, -0.2) is 68.1 Å². The maximum Gasteiger partial charge on any atom is 0.419 e. The van der Waals surface area contributed by atoms with Crippen LogP contribution in [0.25, 0.3) is 0 Å². The summed E-state index contributed by atoms with van der Waals surface area (Å²) in [6.07, 6.45) is -2.68. The van der Waals surface area contributed by atoms with E-state index in [-0.39, 0.29) is 24.1 Å². The number of alkyl halides is 3. The minimum Gasteiger partial charge on any atom is -0.494 e. The number of aromatic nitrogens is 2. The summed E-state index contributed by atoms with van der Waals surface area (Å²) in [5, 5.41) is 5.59. The molecular weight excluding hydrogens is 561 g/mol. The van der Waals surface area contributed by atoms with Gasteiger partial charge in [-0.2, -0.15) is 17.5 Å². The van der Waals surface area contributed by atoms with Gasteiger partial charge in [0.2, 0.25) is 16.0 Å². The maximum atomic E-state index is 14.0. The molecule has 0 fully saturated rings. The van der Waals surface area contributed by atoms with Gasteiger partial charge in [-0.05, 0) is 42.0 Å². The molecule has 0 aliphatic heterocycles. The van der Waals surface area contributed by atoms with Crippen LogP contribution < -0.4 is 15.4 Å². The molecule has 0 saturated carbocycles. The summed E-state index contributed by atoms with van der Waals surface area (Å²) in [5.74, 6) is -0.294. The number of nitrogens with one attached hydrogen (secondary N) is 2. The topological polar surface area (TPSA) is 117 Å². The Hall–Kier alpha value is -3.91. The molecule has 2 amide bonds. The van der Waals surface area contributed by atoms with E-state index in [4.69, 9.17) is 4.74 Å². The smallest absolute Gasteiger partial charge is 0.419 e. The van der Waals surface area contributed by atoms with Crippen LogP contribution in [0.5, 0.6) is 5.75 Å². The fraction of sp³-hybridized carbons (Fsp3) is 0.370. The van der Waals surface area contributed by atoms with E-state index in [1.807, 2.05) is 12.1 Å². The third-order valence-corrected chi connectivity index (χ3v) is 8.22. The molecule has 14 heteroatoms. The molecule has 10 nitrogen and oxygen atoms in total. The first kappa shape index (κ1) is 30.1. The van der Waals surface area contributed by atoms with Gasteiger partial charge in [0.15, 0.2) is 0 Å². The van der Waals surface area contributed by atoms with Crippen LogP contribution in [0.1, 0.15) is 28.4 Å². The van der Waals surface area contributed by atoms with E-state index < -0.39 is 33.7 Å². The van der Waals surface area contributed by atoms with Crippen LogP contribution >= 0.6 is 0 Å². The van der Waals surface area contributed by atoms with Gasteiger partial charge in [-0.1, -0.05) is 24.3 Å². The highest BCUT2D eigenvalue weighted by molar-refractivity contribution is 7.88. The van der Waals surface area contributed by atoms with Gasteiger partial charge < -0.3 is 20.3 Å². The maximum absolute atomic E-state index is 14.0. The fourth-order valence-corrected chi connectivity index (χ4v) is 5.58. The molecule has 0 spiro atoms. The zero-order valence-corrected chi connectivity index (χ0v) is 24.0. The Morgan fingerprint density at radius 3 is 2.49 bits per heavy atom. The Morgan fingerprint density at radius 1 is 1.15 bits per heavy atom. The lowest BCUT2D eigenvalue weighted by atomic mass is 9.93. The largest absolute Gasteiger partial charge is 0.494 e. The Kier molecular flexibility index (Phi) is 8.45. The molecule has 0 bridgehead atoms. The third kappa shape index (κ3) is 6.70. The van der Waals surface area contributed by atoms with E-state index in [1.54, 1.807) is 44.4 Å². The zero-order valence-electron chi connectivity index (χ0n) is 23.2. The summed E-state index contributed by atoms with van der Waals surface area (Å²) >= 11 is 0. The zero-order chi connectivity index (χ0) is 30.1. The van der Waals surface area contributed by atoms with E-state index in [0.717, 1.165) is 23.6 Å². The number of carbonyl (C=O) groups excluding carboxylic acids is 1. The van der Waals surface area contributed by atoms with Crippen molar-refractivity contribution in [3.05, 3.63) is 71.0 Å². The number of nitrogens with zero attached hydrogens (tertiary/aromatic N) is 4. The number of fused-ring (bicyclic) bond motifs is 1. The minimum absolute atomic E-state index is 0.0973. The molecule has 1 heterocycles. The predicted octanol–water partition coefficient (Wildman–Crippen LogP) is 4.69. The summed E-state index contributed by atoms with van der Waals surface area (Å²) in [6, 6.07) is 11.0. The summed E-state index contributed by atoms with van der Waals surface area (Å²) < 4.78 is 73.7. The lowest BCUT2D eigenvalue weighted by molar-refractivity contribution is -0.138.